The van der Waals surface area contributed by atoms with Crippen molar-refractivity contribution in [3.63, 3.8) is 0 Å². The number of rotatable bonds is 49. The van der Waals surface area contributed by atoms with E-state index < -0.39 is 67.3 Å². The lowest BCUT2D eigenvalue weighted by molar-refractivity contribution is -0.301. The lowest BCUT2D eigenvalue weighted by atomic mass is 9.98. The van der Waals surface area contributed by atoms with E-state index in [1.807, 2.05) is 0 Å². The fourth-order valence-corrected chi connectivity index (χ4v) is 8.55. The van der Waals surface area contributed by atoms with E-state index in [0.29, 0.717) is 19.3 Å². The Balaban J connectivity index is 2.71. The van der Waals surface area contributed by atoms with Crippen LogP contribution in [0.2, 0.25) is 0 Å². The van der Waals surface area contributed by atoms with E-state index in [2.05, 4.69) is 81.5 Å². The van der Waals surface area contributed by atoms with Crippen molar-refractivity contribution in [1.82, 2.24) is 0 Å². The topological polar surface area (TPSA) is 175 Å². The van der Waals surface area contributed by atoms with Crippen LogP contribution in [-0.2, 0) is 42.9 Å². The van der Waals surface area contributed by atoms with Crippen molar-refractivity contribution >= 4 is 23.9 Å². The van der Waals surface area contributed by atoms with Gasteiger partial charge in [0.1, 0.15) is 18.8 Å². The largest absolute Gasteiger partial charge is 0.479 e. The molecular formula is C61H104O12. The minimum Gasteiger partial charge on any atom is -0.479 e. The zero-order valence-corrected chi connectivity index (χ0v) is 46.1. The first-order valence-corrected chi connectivity index (χ1v) is 29.3. The maximum atomic E-state index is 13.1. The van der Waals surface area contributed by atoms with Crippen molar-refractivity contribution in [3.05, 3.63) is 60.8 Å². The molecule has 1 aliphatic rings. The molecule has 1 saturated heterocycles. The Hall–Kier alpha value is -3.58. The van der Waals surface area contributed by atoms with Crippen LogP contribution in [0.3, 0.4) is 0 Å². The van der Waals surface area contributed by atoms with Gasteiger partial charge in [-0.1, -0.05) is 191 Å². The monoisotopic (exact) mass is 1030 g/mol. The van der Waals surface area contributed by atoms with E-state index in [4.69, 9.17) is 23.7 Å². The molecule has 73 heavy (non-hydrogen) atoms. The normalized spacial score (nSPS) is 18.7. The highest BCUT2D eigenvalue weighted by Gasteiger charge is 2.50. The molecule has 0 aromatic rings. The first-order chi connectivity index (χ1) is 35.6. The van der Waals surface area contributed by atoms with Crippen LogP contribution >= 0.6 is 0 Å². The van der Waals surface area contributed by atoms with Gasteiger partial charge in [-0.3, -0.25) is 14.4 Å². The summed E-state index contributed by atoms with van der Waals surface area (Å²) in [5.41, 5.74) is 0. The van der Waals surface area contributed by atoms with Crippen LogP contribution < -0.4 is 0 Å². The molecule has 12 heteroatoms. The summed E-state index contributed by atoms with van der Waals surface area (Å²) in [5, 5.41) is 31.5. The standard InChI is InChI=1S/C61H104O12/c1-4-7-10-13-16-19-22-25-27-30-32-35-38-41-44-47-53(62)69-50-52(71-54(63)48-45-42-39-36-33-29-24-21-18-15-12-9-6-3)51-70-61-59(57(66)56(65)58(73-61)60(67)68)72-55(64)49-46-43-40-37-34-31-28-26-23-20-17-14-11-8-5-2/h7,10,16,19,21,24-28,52,56-59,61,65-66H,4-6,8-9,11-15,17-18,20,22-23,29-51H2,1-3H3,(H,67,68)/b10-7-,19-16-,24-21-,27-25-,28-26-. The van der Waals surface area contributed by atoms with Gasteiger partial charge in [0.15, 0.2) is 24.6 Å². The van der Waals surface area contributed by atoms with Gasteiger partial charge in [-0.2, -0.15) is 0 Å². The van der Waals surface area contributed by atoms with Crippen molar-refractivity contribution in [3.8, 4) is 0 Å². The number of aliphatic hydroxyl groups is 2. The van der Waals surface area contributed by atoms with Crippen LogP contribution in [0.1, 0.15) is 252 Å². The smallest absolute Gasteiger partial charge is 0.335 e. The minimum absolute atomic E-state index is 0.0478. The van der Waals surface area contributed by atoms with Gasteiger partial charge in [-0.15, -0.1) is 0 Å². The number of hydrogen-bond donors (Lipinski definition) is 3. The highest BCUT2D eigenvalue weighted by Crippen LogP contribution is 2.26. The van der Waals surface area contributed by atoms with E-state index in [1.165, 1.54) is 64.2 Å². The lowest BCUT2D eigenvalue weighted by Crippen LogP contribution is -2.61. The van der Waals surface area contributed by atoms with Crippen LogP contribution in [0.15, 0.2) is 60.8 Å². The molecule has 0 aromatic carbocycles. The fraction of sp³-hybridized carbons (Fsp3) is 0.770. The Morgan fingerprint density at radius 3 is 1.34 bits per heavy atom. The molecule has 3 N–H and O–H groups in total. The summed E-state index contributed by atoms with van der Waals surface area (Å²) in [6.07, 6.45) is 47.6. The maximum absolute atomic E-state index is 13.1. The summed E-state index contributed by atoms with van der Waals surface area (Å²) in [4.78, 5) is 51.1. The molecule has 0 radical (unpaired) electrons. The van der Waals surface area contributed by atoms with E-state index in [9.17, 15) is 34.5 Å². The third kappa shape index (κ3) is 39.5. The van der Waals surface area contributed by atoms with Gasteiger partial charge in [-0.05, 0) is 103 Å². The number of aliphatic hydroxyl groups excluding tert-OH is 2. The molecule has 6 atom stereocenters. The number of ether oxygens (including phenoxy) is 5. The fourth-order valence-electron chi connectivity index (χ4n) is 8.55. The van der Waals surface area contributed by atoms with Crippen molar-refractivity contribution in [2.24, 2.45) is 0 Å². The second-order valence-corrected chi connectivity index (χ2v) is 19.9. The van der Waals surface area contributed by atoms with Gasteiger partial charge >= 0.3 is 23.9 Å². The number of carboxylic acids is 1. The Morgan fingerprint density at radius 1 is 0.466 bits per heavy atom. The molecule has 1 fully saturated rings. The molecule has 0 spiro atoms. The van der Waals surface area contributed by atoms with Crippen LogP contribution in [0.4, 0.5) is 0 Å². The predicted molar refractivity (Wildman–Crippen MR) is 294 cm³/mol. The van der Waals surface area contributed by atoms with E-state index >= 15 is 0 Å². The molecule has 0 aliphatic carbocycles. The quantitative estimate of drug-likeness (QED) is 0.0228. The molecule has 0 aromatic heterocycles. The number of carbonyl (C=O) groups is 4. The third-order valence-corrected chi connectivity index (χ3v) is 13.0. The second kappa shape index (κ2) is 49.3. The molecule has 0 bridgehead atoms. The third-order valence-electron chi connectivity index (χ3n) is 13.0. The molecule has 12 nitrogen and oxygen atoms in total. The number of carbonyl (C=O) groups excluding carboxylic acids is 3. The first kappa shape index (κ1) is 67.4. The Bertz CT molecular complexity index is 1500. The zero-order chi connectivity index (χ0) is 53.3. The molecular weight excluding hydrogens is 925 g/mol. The van der Waals surface area contributed by atoms with Gasteiger partial charge in [0.2, 0.25) is 0 Å². The average Bonchev–Trinajstić information content (AvgIpc) is 3.37. The number of carboxylic acid groups (broad SMARTS) is 1. The van der Waals surface area contributed by atoms with Gasteiger partial charge in [-0.25, -0.2) is 4.79 Å². The number of allylic oxidation sites excluding steroid dienone is 10. The van der Waals surface area contributed by atoms with Crippen LogP contribution in [0, 0.1) is 0 Å². The van der Waals surface area contributed by atoms with Gasteiger partial charge in [0, 0.05) is 19.3 Å². The SMILES string of the molecule is CC/C=C\C/C=C\C/C=C\CCCCCCCC(=O)OCC(COC1OC(C(=O)O)C(O)C(O)C1OC(=O)CCCCCCC/C=C\CCCCCCCC)OC(=O)CCCCCCC/C=C\CCCCCC. The van der Waals surface area contributed by atoms with Crippen molar-refractivity contribution in [2.45, 2.75) is 289 Å². The zero-order valence-electron chi connectivity index (χ0n) is 46.1. The van der Waals surface area contributed by atoms with E-state index in [1.54, 1.807) is 0 Å². The number of esters is 3. The number of unbranched alkanes of at least 4 members (excludes halogenated alkanes) is 25. The molecule has 6 unspecified atom stereocenters. The second-order valence-electron chi connectivity index (χ2n) is 19.9. The first-order valence-electron chi connectivity index (χ1n) is 29.3. The summed E-state index contributed by atoms with van der Waals surface area (Å²) < 4.78 is 28.4. The molecule has 1 aliphatic heterocycles. The van der Waals surface area contributed by atoms with Gasteiger partial charge in [0.25, 0.3) is 0 Å². The molecule has 420 valence electrons. The van der Waals surface area contributed by atoms with Crippen LogP contribution in [-0.4, -0.2) is 89.2 Å². The molecule has 1 rings (SSSR count). The number of hydrogen-bond acceptors (Lipinski definition) is 11. The molecule has 0 amide bonds. The van der Waals surface area contributed by atoms with Crippen molar-refractivity contribution in [1.29, 1.82) is 0 Å². The maximum Gasteiger partial charge on any atom is 0.335 e. The summed E-state index contributed by atoms with van der Waals surface area (Å²) in [7, 11) is 0. The average molecular weight is 1030 g/mol. The van der Waals surface area contributed by atoms with Crippen molar-refractivity contribution < 1.29 is 58.2 Å². The van der Waals surface area contributed by atoms with E-state index in [-0.39, 0.29) is 25.9 Å². The predicted octanol–water partition coefficient (Wildman–Crippen LogP) is 14.8. The molecule has 1 heterocycles. The molecule has 0 saturated carbocycles. The minimum atomic E-state index is -1.91. The Kier molecular flexibility index (Phi) is 45.5. The van der Waals surface area contributed by atoms with Crippen molar-refractivity contribution in [2.75, 3.05) is 13.2 Å². The van der Waals surface area contributed by atoms with Crippen LogP contribution in [0.25, 0.3) is 0 Å². The van der Waals surface area contributed by atoms with Gasteiger partial charge < -0.3 is 39.0 Å². The van der Waals surface area contributed by atoms with Gasteiger partial charge in [0.05, 0.1) is 6.61 Å². The summed E-state index contributed by atoms with van der Waals surface area (Å²) >= 11 is 0. The van der Waals surface area contributed by atoms with Crippen LogP contribution in [0.5, 0.6) is 0 Å². The highest BCUT2D eigenvalue weighted by atomic mass is 16.7. The number of aliphatic carboxylic acids is 1. The summed E-state index contributed by atoms with van der Waals surface area (Å²) in [5.74, 6) is -3.16. The summed E-state index contributed by atoms with van der Waals surface area (Å²) in [6, 6.07) is 0. The summed E-state index contributed by atoms with van der Waals surface area (Å²) in [6.45, 7) is 5.84. The van der Waals surface area contributed by atoms with E-state index in [0.717, 1.165) is 128 Å². The lowest BCUT2D eigenvalue weighted by Gasteiger charge is -2.40. The Morgan fingerprint density at radius 2 is 0.863 bits per heavy atom. The Labute approximate surface area is 443 Å². The highest BCUT2D eigenvalue weighted by molar-refractivity contribution is 5.74.